The summed E-state index contributed by atoms with van der Waals surface area (Å²) in [5.41, 5.74) is -0.332. The number of carbonyl (C=O) groups excluding carboxylic acids is 1. The molecule has 0 amide bonds. The summed E-state index contributed by atoms with van der Waals surface area (Å²) in [5, 5.41) is 22.5. The molecule has 1 saturated heterocycles. The number of anilines is 1. The van der Waals surface area contributed by atoms with Crippen LogP contribution in [0.15, 0.2) is 47.4 Å². The smallest absolute Gasteiger partial charge is 0.328 e. The van der Waals surface area contributed by atoms with E-state index in [4.69, 9.17) is 8.92 Å². The number of ether oxygens (including phenoxy) is 1. The van der Waals surface area contributed by atoms with Crippen LogP contribution in [0.4, 0.5) is 17.1 Å². The number of nitrogens with zero attached hydrogens (tertiary/aromatic N) is 3. The van der Waals surface area contributed by atoms with Gasteiger partial charge in [0.25, 0.3) is 21.5 Å². The highest BCUT2D eigenvalue weighted by Gasteiger charge is 2.43. The van der Waals surface area contributed by atoms with Gasteiger partial charge in [0.05, 0.1) is 34.0 Å². The minimum atomic E-state index is -4.17. The average Bonchev–Trinajstić information content (AvgIpc) is 3.15. The number of nitro benzene ring substituents is 2. The number of rotatable bonds is 7. The van der Waals surface area contributed by atoms with E-state index in [9.17, 15) is 33.4 Å². The third-order valence-electron chi connectivity index (χ3n) is 4.98. The summed E-state index contributed by atoms with van der Waals surface area (Å²) in [6.45, 7) is 1.60. The van der Waals surface area contributed by atoms with Gasteiger partial charge in [-0.05, 0) is 25.1 Å². The Bertz CT molecular complexity index is 1170. The fraction of sp³-hybridized carbons (Fsp3) is 0.316. The third kappa shape index (κ3) is 4.68. The van der Waals surface area contributed by atoms with Gasteiger partial charge in [-0.3, -0.25) is 24.4 Å². The Morgan fingerprint density at radius 3 is 2.31 bits per heavy atom. The zero-order valence-electron chi connectivity index (χ0n) is 17.0. The van der Waals surface area contributed by atoms with Gasteiger partial charge in [-0.2, -0.15) is 8.42 Å². The van der Waals surface area contributed by atoms with Crippen LogP contribution in [0.5, 0.6) is 0 Å². The van der Waals surface area contributed by atoms with Crippen LogP contribution < -0.4 is 4.90 Å². The third-order valence-corrected chi connectivity index (χ3v) is 6.36. The summed E-state index contributed by atoms with van der Waals surface area (Å²) in [6, 6.07) is 7.88. The Morgan fingerprint density at radius 1 is 1.09 bits per heavy atom. The number of nitro groups is 2. The molecule has 0 spiro atoms. The van der Waals surface area contributed by atoms with E-state index in [1.807, 2.05) is 0 Å². The highest BCUT2D eigenvalue weighted by atomic mass is 32.2. The number of methoxy groups -OCH3 is 1. The predicted octanol–water partition coefficient (Wildman–Crippen LogP) is 2.34. The van der Waals surface area contributed by atoms with Crippen LogP contribution in [0.1, 0.15) is 12.0 Å². The number of hydrogen-bond donors (Lipinski definition) is 0. The van der Waals surface area contributed by atoms with E-state index in [1.54, 1.807) is 19.1 Å². The molecule has 2 atom stereocenters. The van der Waals surface area contributed by atoms with E-state index < -0.39 is 49.5 Å². The van der Waals surface area contributed by atoms with Crippen LogP contribution in [-0.4, -0.2) is 50.0 Å². The molecule has 32 heavy (non-hydrogen) atoms. The molecule has 0 unspecified atom stereocenters. The van der Waals surface area contributed by atoms with Crippen molar-refractivity contribution in [2.45, 2.75) is 30.4 Å². The van der Waals surface area contributed by atoms with Crippen molar-refractivity contribution in [3.63, 3.8) is 0 Å². The van der Waals surface area contributed by atoms with E-state index in [0.29, 0.717) is 0 Å². The molecule has 0 aromatic heterocycles. The minimum Gasteiger partial charge on any atom is -0.467 e. The van der Waals surface area contributed by atoms with Crippen LogP contribution >= 0.6 is 0 Å². The van der Waals surface area contributed by atoms with Crippen molar-refractivity contribution in [3.8, 4) is 0 Å². The lowest BCUT2D eigenvalue weighted by molar-refractivity contribution is -0.393. The Labute approximate surface area is 182 Å². The average molecular weight is 465 g/mol. The molecule has 1 aliphatic rings. The van der Waals surface area contributed by atoms with Gasteiger partial charge in [0.15, 0.2) is 0 Å². The van der Waals surface area contributed by atoms with Crippen molar-refractivity contribution in [3.05, 3.63) is 68.3 Å². The predicted molar refractivity (Wildman–Crippen MR) is 111 cm³/mol. The Balaban J connectivity index is 1.94. The molecule has 13 heteroatoms. The first-order valence-corrected chi connectivity index (χ1v) is 10.7. The first-order valence-electron chi connectivity index (χ1n) is 9.30. The van der Waals surface area contributed by atoms with Crippen LogP contribution in [-0.2, 0) is 23.8 Å². The second-order valence-electron chi connectivity index (χ2n) is 7.10. The summed E-state index contributed by atoms with van der Waals surface area (Å²) >= 11 is 0. The van der Waals surface area contributed by atoms with Gasteiger partial charge in [0, 0.05) is 19.0 Å². The standard InChI is InChI=1S/C19H19N3O9S/c1-12-3-6-15(7-4-12)32(28,29)31-14-10-18(19(23)30-2)20(11-14)16-8-5-13(21(24)25)9-17(16)22(26)27/h3-9,14,18H,10-11H2,1-2H3/t14-,18-/m1/s1. The summed E-state index contributed by atoms with van der Waals surface area (Å²) < 4.78 is 35.4. The first kappa shape index (κ1) is 23.1. The molecular weight excluding hydrogens is 446 g/mol. The fourth-order valence-electron chi connectivity index (χ4n) is 3.45. The lowest BCUT2D eigenvalue weighted by Gasteiger charge is -2.24. The molecule has 0 N–H and O–H groups in total. The zero-order valence-corrected chi connectivity index (χ0v) is 17.9. The topological polar surface area (TPSA) is 159 Å². The maximum Gasteiger partial charge on any atom is 0.328 e. The first-order chi connectivity index (χ1) is 15.0. The number of carbonyl (C=O) groups is 1. The maximum atomic E-state index is 12.6. The van der Waals surface area contributed by atoms with Crippen molar-refractivity contribution < 1.29 is 32.0 Å². The number of aryl methyl sites for hydroxylation is 1. The summed E-state index contributed by atoms with van der Waals surface area (Å²) in [5.74, 6) is -0.753. The number of esters is 1. The fourth-order valence-corrected chi connectivity index (χ4v) is 4.53. The lowest BCUT2D eigenvalue weighted by Crippen LogP contribution is -2.37. The molecule has 3 rings (SSSR count). The molecule has 2 aromatic rings. The van der Waals surface area contributed by atoms with Gasteiger partial charge >= 0.3 is 5.97 Å². The summed E-state index contributed by atoms with van der Waals surface area (Å²) in [6.07, 6.45) is -1.13. The van der Waals surface area contributed by atoms with Crippen molar-refractivity contribution in [2.75, 3.05) is 18.6 Å². The summed E-state index contributed by atoms with van der Waals surface area (Å²) in [7, 11) is -3.04. The van der Waals surface area contributed by atoms with E-state index in [1.165, 1.54) is 17.0 Å². The highest BCUT2D eigenvalue weighted by molar-refractivity contribution is 7.86. The van der Waals surface area contributed by atoms with Gasteiger partial charge in [0.1, 0.15) is 11.7 Å². The molecular formula is C19H19N3O9S. The molecule has 0 radical (unpaired) electrons. The van der Waals surface area contributed by atoms with Gasteiger partial charge in [-0.15, -0.1) is 0 Å². The van der Waals surface area contributed by atoms with Crippen molar-refractivity contribution in [1.82, 2.24) is 0 Å². The van der Waals surface area contributed by atoms with E-state index in [2.05, 4.69) is 0 Å². The van der Waals surface area contributed by atoms with E-state index in [0.717, 1.165) is 30.9 Å². The SMILES string of the molecule is COC(=O)[C@H]1C[C@@H](OS(=O)(=O)c2ccc(C)cc2)CN1c1ccc([N+](=O)[O-])cc1[N+](=O)[O-]. The van der Waals surface area contributed by atoms with Gasteiger partial charge in [-0.25, -0.2) is 4.79 Å². The normalized spacial score (nSPS) is 18.4. The number of non-ortho nitro benzene ring substituents is 1. The molecule has 0 aliphatic carbocycles. The van der Waals surface area contributed by atoms with Crippen LogP contribution in [0.3, 0.4) is 0 Å². The van der Waals surface area contributed by atoms with Crippen molar-refractivity contribution >= 4 is 33.1 Å². The number of hydrogen-bond acceptors (Lipinski definition) is 10. The van der Waals surface area contributed by atoms with E-state index >= 15 is 0 Å². The maximum absolute atomic E-state index is 12.6. The largest absolute Gasteiger partial charge is 0.467 e. The summed E-state index contributed by atoms with van der Waals surface area (Å²) in [4.78, 5) is 34.5. The number of benzene rings is 2. The van der Waals surface area contributed by atoms with Gasteiger partial charge in [0.2, 0.25) is 0 Å². The highest BCUT2D eigenvalue weighted by Crippen LogP contribution is 2.37. The Morgan fingerprint density at radius 2 is 1.75 bits per heavy atom. The molecule has 0 bridgehead atoms. The minimum absolute atomic E-state index is 0.0718. The van der Waals surface area contributed by atoms with Gasteiger partial charge in [-0.1, -0.05) is 17.7 Å². The van der Waals surface area contributed by atoms with Crippen LogP contribution in [0.25, 0.3) is 0 Å². The van der Waals surface area contributed by atoms with E-state index in [-0.39, 0.29) is 23.5 Å². The lowest BCUT2D eigenvalue weighted by atomic mass is 10.1. The second kappa shape index (κ2) is 8.88. The molecule has 0 saturated carbocycles. The van der Waals surface area contributed by atoms with Crippen molar-refractivity contribution in [1.29, 1.82) is 0 Å². The molecule has 1 heterocycles. The zero-order chi connectivity index (χ0) is 23.6. The molecule has 1 aliphatic heterocycles. The monoisotopic (exact) mass is 465 g/mol. The molecule has 12 nitrogen and oxygen atoms in total. The molecule has 2 aromatic carbocycles. The Hall–Kier alpha value is -3.58. The Kier molecular flexibility index (Phi) is 6.41. The van der Waals surface area contributed by atoms with Crippen LogP contribution in [0, 0.1) is 27.2 Å². The van der Waals surface area contributed by atoms with Gasteiger partial charge < -0.3 is 9.64 Å². The quantitative estimate of drug-likeness (QED) is 0.257. The molecule has 170 valence electrons. The van der Waals surface area contributed by atoms with Crippen molar-refractivity contribution in [2.24, 2.45) is 0 Å². The second-order valence-corrected chi connectivity index (χ2v) is 8.67. The molecule has 1 fully saturated rings. The van der Waals surface area contributed by atoms with Crippen LogP contribution in [0.2, 0.25) is 0 Å².